The van der Waals surface area contributed by atoms with E-state index >= 15 is 0 Å². The number of nitrogens with one attached hydrogen (secondary N) is 1. The molecule has 23 heavy (non-hydrogen) atoms. The lowest BCUT2D eigenvalue weighted by Crippen LogP contribution is -2.31. The quantitative estimate of drug-likeness (QED) is 0.787. The van der Waals surface area contributed by atoms with Crippen LogP contribution in [-0.2, 0) is 12.7 Å². The molecule has 0 aromatic heterocycles. The van der Waals surface area contributed by atoms with E-state index in [2.05, 4.69) is 5.32 Å². The zero-order valence-electron chi connectivity index (χ0n) is 12.5. The summed E-state index contributed by atoms with van der Waals surface area (Å²) >= 11 is 0. The summed E-state index contributed by atoms with van der Waals surface area (Å²) in [7, 11) is 0. The first-order chi connectivity index (χ1) is 10.8. The lowest BCUT2D eigenvalue weighted by atomic mass is 10.00. The molecular formula is C17H18F3NO2. The van der Waals surface area contributed by atoms with Gasteiger partial charge < -0.3 is 15.5 Å². The first-order valence-electron chi connectivity index (χ1n) is 7.14. The molecule has 3 N–H and O–H groups in total. The van der Waals surface area contributed by atoms with Gasteiger partial charge in [-0.2, -0.15) is 13.2 Å². The minimum atomic E-state index is -4.58. The predicted molar refractivity (Wildman–Crippen MR) is 80.8 cm³/mol. The Morgan fingerprint density at radius 2 is 1.74 bits per heavy atom. The van der Waals surface area contributed by atoms with Crippen molar-refractivity contribution in [3.8, 4) is 5.75 Å². The number of aromatic hydroxyl groups is 1. The molecule has 0 fully saturated rings. The maximum Gasteiger partial charge on any atom is 0.416 e. The third-order valence-corrected chi connectivity index (χ3v) is 3.55. The van der Waals surface area contributed by atoms with E-state index in [1.165, 1.54) is 0 Å². The van der Waals surface area contributed by atoms with Gasteiger partial charge in [0, 0.05) is 12.6 Å². The van der Waals surface area contributed by atoms with Gasteiger partial charge in [-0.1, -0.05) is 30.3 Å². The number of benzene rings is 2. The summed E-state index contributed by atoms with van der Waals surface area (Å²) in [5.41, 5.74) is 0.0330. The van der Waals surface area contributed by atoms with Gasteiger partial charge in [0.2, 0.25) is 0 Å². The molecule has 0 amide bonds. The number of phenolic OH excluding ortho intramolecular Hbond substituents is 1. The Morgan fingerprint density at radius 1 is 1.09 bits per heavy atom. The molecule has 0 saturated heterocycles. The molecule has 2 aromatic carbocycles. The van der Waals surface area contributed by atoms with Crippen LogP contribution in [0.3, 0.4) is 0 Å². The normalized spacial score (nSPS) is 14.5. The smallest absolute Gasteiger partial charge is 0.416 e. The van der Waals surface area contributed by atoms with Crippen molar-refractivity contribution in [1.82, 2.24) is 5.32 Å². The molecule has 0 spiro atoms. The molecule has 2 rings (SSSR count). The highest BCUT2D eigenvalue weighted by atomic mass is 19.4. The summed E-state index contributed by atoms with van der Waals surface area (Å²) in [6.45, 7) is 2.15. The van der Waals surface area contributed by atoms with Crippen LogP contribution in [0, 0.1) is 0 Å². The topological polar surface area (TPSA) is 52.5 Å². The molecule has 0 aliphatic heterocycles. The van der Waals surface area contributed by atoms with Crippen LogP contribution < -0.4 is 5.32 Å². The molecule has 0 aliphatic rings. The Morgan fingerprint density at radius 3 is 2.35 bits per heavy atom. The molecule has 0 aliphatic carbocycles. The van der Waals surface area contributed by atoms with Gasteiger partial charge in [-0.3, -0.25) is 0 Å². The number of hydrogen-bond donors (Lipinski definition) is 3. The van der Waals surface area contributed by atoms with Gasteiger partial charge in [0.25, 0.3) is 0 Å². The van der Waals surface area contributed by atoms with Gasteiger partial charge in [-0.25, -0.2) is 0 Å². The van der Waals surface area contributed by atoms with E-state index in [9.17, 15) is 23.4 Å². The number of halogens is 3. The highest BCUT2D eigenvalue weighted by Crippen LogP contribution is 2.34. The van der Waals surface area contributed by atoms with E-state index in [1.54, 1.807) is 6.92 Å². The second-order valence-corrected chi connectivity index (χ2v) is 5.41. The summed E-state index contributed by atoms with van der Waals surface area (Å²) < 4.78 is 38.3. The van der Waals surface area contributed by atoms with Crippen molar-refractivity contribution in [1.29, 1.82) is 0 Å². The molecule has 2 aromatic rings. The fraction of sp³-hybridized carbons (Fsp3) is 0.294. The van der Waals surface area contributed by atoms with Gasteiger partial charge in [-0.05, 0) is 36.2 Å². The number of alkyl halides is 3. The molecule has 0 radical (unpaired) electrons. The van der Waals surface area contributed by atoms with Crippen LogP contribution in [0.4, 0.5) is 13.2 Å². The molecule has 0 saturated carbocycles. The molecule has 124 valence electrons. The third kappa shape index (κ3) is 4.71. The molecule has 3 nitrogen and oxygen atoms in total. The van der Waals surface area contributed by atoms with Crippen LogP contribution in [0.2, 0.25) is 0 Å². The van der Waals surface area contributed by atoms with E-state index in [0.717, 1.165) is 17.7 Å². The van der Waals surface area contributed by atoms with Crippen molar-refractivity contribution in [2.75, 3.05) is 0 Å². The lowest BCUT2D eigenvalue weighted by molar-refractivity contribution is -0.137. The number of aliphatic hydroxyl groups excluding tert-OH is 1. The van der Waals surface area contributed by atoms with Gasteiger partial charge in [-0.15, -0.1) is 0 Å². The minimum Gasteiger partial charge on any atom is -0.508 e. The number of aliphatic hydroxyl groups is 1. The fourth-order valence-electron chi connectivity index (χ4n) is 2.24. The van der Waals surface area contributed by atoms with Crippen LogP contribution in [0.25, 0.3) is 0 Å². The Labute approximate surface area is 132 Å². The molecule has 6 heteroatoms. The van der Waals surface area contributed by atoms with Crippen LogP contribution in [0.1, 0.15) is 29.7 Å². The summed E-state index contributed by atoms with van der Waals surface area (Å²) in [6.07, 6.45) is -5.75. The fourth-order valence-corrected chi connectivity index (χ4v) is 2.24. The summed E-state index contributed by atoms with van der Waals surface area (Å²) in [5.74, 6) is -0.524. The molecule has 2 atom stereocenters. The SMILES string of the molecule is CC(NCc1ccccc1)C(O)c1cc(O)cc(C(F)(F)F)c1. The maximum atomic E-state index is 12.8. The van der Waals surface area contributed by atoms with Gasteiger partial charge in [0.05, 0.1) is 11.7 Å². The second-order valence-electron chi connectivity index (χ2n) is 5.41. The van der Waals surface area contributed by atoms with E-state index < -0.39 is 29.6 Å². The molecular weight excluding hydrogens is 307 g/mol. The Hall–Kier alpha value is -2.05. The first-order valence-corrected chi connectivity index (χ1v) is 7.14. The summed E-state index contributed by atoms with van der Waals surface area (Å²) in [4.78, 5) is 0. The van der Waals surface area contributed by atoms with Crippen molar-refractivity contribution in [2.24, 2.45) is 0 Å². The van der Waals surface area contributed by atoms with E-state index in [1.807, 2.05) is 30.3 Å². The van der Waals surface area contributed by atoms with E-state index in [4.69, 9.17) is 0 Å². The van der Waals surface area contributed by atoms with Crippen molar-refractivity contribution >= 4 is 0 Å². The minimum absolute atomic E-state index is 0.0189. The first kappa shape index (κ1) is 17.3. The van der Waals surface area contributed by atoms with E-state index in [0.29, 0.717) is 12.6 Å². The van der Waals surface area contributed by atoms with Gasteiger partial charge >= 0.3 is 6.18 Å². The lowest BCUT2D eigenvalue weighted by Gasteiger charge is -2.22. The largest absolute Gasteiger partial charge is 0.508 e. The van der Waals surface area contributed by atoms with Crippen molar-refractivity contribution < 1.29 is 23.4 Å². The number of hydrogen-bond acceptors (Lipinski definition) is 3. The Kier molecular flexibility index (Phi) is 5.28. The zero-order chi connectivity index (χ0) is 17.0. The maximum absolute atomic E-state index is 12.8. The van der Waals surface area contributed by atoms with Crippen molar-refractivity contribution in [3.05, 3.63) is 65.2 Å². The predicted octanol–water partition coefficient (Wildman–Crippen LogP) is 3.62. The average molecular weight is 325 g/mol. The zero-order valence-corrected chi connectivity index (χ0v) is 12.5. The Balaban J connectivity index is 2.10. The summed E-state index contributed by atoms with van der Waals surface area (Å²) in [6, 6.07) is 11.6. The van der Waals surface area contributed by atoms with Crippen molar-refractivity contribution in [2.45, 2.75) is 31.8 Å². The van der Waals surface area contributed by atoms with Crippen LogP contribution in [0.5, 0.6) is 5.75 Å². The van der Waals surface area contributed by atoms with Crippen LogP contribution in [-0.4, -0.2) is 16.3 Å². The van der Waals surface area contributed by atoms with Gasteiger partial charge in [0.1, 0.15) is 5.75 Å². The molecule has 0 heterocycles. The van der Waals surface area contributed by atoms with Crippen LogP contribution in [0.15, 0.2) is 48.5 Å². The average Bonchev–Trinajstić information content (AvgIpc) is 2.51. The highest BCUT2D eigenvalue weighted by Gasteiger charge is 2.32. The van der Waals surface area contributed by atoms with Crippen LogP contribution >= 0.6 is 0 Å². The molecule has 0 bridgehead atoms. The molecule has 2 unspecified atom stereocenters. The number of phenols is 1. The van der Waals surface area contributed by atoms with Gasteiger partial charge in [0.15, 0.2) is 0 Å². The number of rotatable bonds is 5. The van der Waals surface area contributed by atoms with E-state index in [-0.39, 0.29) is 5.56 Å². The monoisotopic (exact) mass is 325 g/mol. The summed E-state index contributed by atoms with van der Waals surface area (Å²) in [5, 5.41) is 22.8. The second kappa shape index (κ2) is 7.02. The van der Waals surface area contributed by atoms with Crippen molar-refractivity contribution in [3.63, 3.8) is 0 Å². The standard InChI is InChI=1S/C17H18F3NO2/c1-11(21-10-12-5-3-2-4-6-12)16(23)13-7-14(17(18,19)20)9-15(22)8-13/h2-9,11,16,21-23H,10H2,1H3. The third-order valence-electron chi connectivity index (χ3n) is 3.55. The Bertz CT molecular complexity index is 644. The highest BCUT2D eigenvalue weighted by molar-refractivity contribution is 5.36.